The van der Waals surface area contributed by atoms with Gasteiger partial charge in [-0.25, -0.2) is 4.79 Å². The molecule has 1 fully saturated rings. The molecule has 0 aliphatic heterocycles. The summed E-state index contributed by atoms with van der Waals surface area (Å²) in [4.78, 5) is 41.7. The number of nitrogens with two attached hydrogens (primary N) is 1. The Bertz CT molecular complexity index is 913. The van der Waals surface area contributed by atoms with E-state index in [0.29, 0.717) is 6.54 Å². The maximum absolute atomic E-state index is 12.9. The Labute approximate surface area is 157 Å². The highest BCUT2D eigenvalue weighted by Crippen LogP contribution is 2.30. The van der Waals surface area contributed by atoms with Gasteiger partial charge in [-0.2, -0.15) is 0 Å². The zero-order valence-corrected chi connectivity index (χ0v) is 15.6. The van der Waals surface area contributed by atoms with Crippen LogP contribution >= 0.6 is 0 Å². The number of unbranched alkanes of at least 4 members (excludes halogenated alkanes) is 1. The molecule has 1 amide bonds. The lowest BCUT2D eigenvalue weighted by molar-refractivity contribution is -0.124. The van der Waals surface area contributed by atoms with Gasteiger partial charge in [-0.1, -0.05) is 50.1 Å². The van der Waals surface area contributed by atoms with Crippen molar-refractivity contribution in [1.29, 1.82) is 0 Å². The van der Waals surface area contributed by atoms with E-state index in [1.54, 1.807) is 0 Å². The molecule has 0 radical (unpaired) electrons. The molecule has 3 N–H and O–H groups in total. The van der Waals surface area contributed by atoms with E-state index in [4.69, 9.17) is 5.73 Å². The number of amides is 1. The molecule has 7 nitrogen and oxygen atoms in total. The van der Waals surface area contributed by atoms with Crippen LogP contribution in [0.4, 0.5) is 11.5 Å². The maximum atomic E-state index is 12.9. The molecule has 0 unspecified atom stereocenters. The summed E-state index contributed by atoms with van der Waals surface area (Å²) in [7, 11) is 0. The number of benzene rings is 1. The summed E-state index contributed by atoms with van der Waals surface area (Å²) in [6.45, 7) is 2.67. The lowest BCUT2D eigenvalue weighted by Crippen LogP contribution is -2.45. The van der Waals surface area contributed by atoms with Crippen LogP contribution in [0.3, 0.4) is 0 Å². The van der Waals surface area contributed by atoms with Crippen LogP contribution in [0.5, 0.6) is 0 Å². The summed E-state index contributed by atoms with van der Waals surface area (Å²) < 4.78 is 1.32. The summed E-state index contributed by atoms with van der Waals surface area (Å²) >= 11 is 0. The first-order valence-corrected chi connectivity index (χ1v) is 9.50. The fraction of sp³-hybridized carbons (Fsp3) is 0.450. The molecule has 1 aliphatic rings. The first kappa shape index (κ1) is 18.9. The normalized spacial score (nSPS) is 14.0. The first-order valence-electron chi connectivity index (χ1n) is 9.50. The first-order chi connectivity index (χ1) is 13.0. The van der Waals surface area contributed by atoms with Crippen LogP contribution in [0.1, 0.15) is 44.6 Å². The number of H-pyrrole nitrogens is 1. The number of rotatable bonds is 7. The quantitative estimate of drug-likeness (QED) is 0.779. The predicted octanol–water partition coefficient (Wildman–Crippen LogP) is 2.10. The monoisotopic (exact) mass is 370 g/mol. The summed E-state index contributed by atoms with van der Waals surface area (Å²) in [5.41, 5.74) is 6.05. The molecule has 144 valence electrons. The topological polar surface area (TPSA) is 101 Å². The lowest BCUT2D eigenvalue weighted by Gasteiger charge is -2.32. The highest BCUT2D eigenvalue weighted by Gasteiger charge is 2.32. The van der Waals surface area contributed by atoms with Gasteiger partial charge >= 0.3 is 5.69 Å². The highest BCUT2D eigenvalue weighted by atomic mass is 16.2. The maximum Gasteiger partial charge on any atom is 0.330 e. The Morgan fingerprint density at radius 2 is 1.96 bits per heavy atom. The van der Waals surface area contributed by atoms with Crippen LogP contribution in [-0.2, 0) is 11.3 Å². The van der Waals surface area contributed by atoms with Gasteiger partial charge in [0.1, 0.15) is 5.82 Å². The molecule has 0 spiro atoms. The number of hydrogen-bond donors (Lipinski definition) is 2. The van der Waals surface area contributed by atoms with Gasteiger partial charge in [0.25, 0.3) is 5.56 Å². The van der Waals surface area contributed by atoms with Crippen LogP contribution < -0.4 is 21.9 Å². The standard InChI is InChI=1S/C20H26N4O3/c1-2-3-12-23(19(26)15-10-7-11-15)16-17(21)24(20(27)22-18(16)25)13-14-8-5-4-6-9-14/h4-6,8-9,15H,2-3,7,10-13,21H2,1H3,(H,22,25,27). The average Bonchev–Trinajstić information content (AvgIpc) is 2.60. The van der Waals surface area contributed by atoms with E-state index < -0.39 is 11.2 Å². The number of carbonyl (C=O) groups is 1. The second-order valence-corrected chi connectivity index (χ2v) is 7.04. The minimum absolute atomic E-state index is 0.0383. The molecule has 27 heavy (non-hydrogen) atoms. The van der Waals surface area contributed by atoms with Gasteiger partial charge in [-0.05, 0) is 24.8 Å². The van der Waals surface area contributed by atoms with Crippen molar-refractivity contribution in [3.63, 3.8) is 0 Å². The van der Waals surface area contributed by atoms with Crippen molar-refractivity contribution >= 4 is 17.4 Å². The van der Waals surface area contributed by atoms with Crippen molar-refractivity contribution < 1.29 is 4.79 Å². The third kappa shape index (κ3) is 3.97. The van der Waals surface area contributed by atoms with E-state index in [0.717, 1.165) is 37.7 Å². The van der Waals surface area contributed by atoms with Crippen molar-refractivity contribution in [3.05, 3.63) is 56.7 Å². The van der Waals surface area contributed by atoms with Crippen LogP contribution in [-0.4, -0.2) is 22.0 Å². The molecule has 3 rings (SSSR count). The van der Waals surface area contributed by atoms with E-state index >= 15 is 0 Å². The van der Waals surface area contributed by atoms with Gasteiger partial charge in [0, 0.05) is 12.5 Å². The molecule has 7 heteroatoms. The second-order valence-electron chi connectivity index (χ2n) is 7.04. The molecule has 1 saturated carbocycles. The second kappa shape index (κ2) is 8.24. The Kier molecular flexibility index (Phi) is 5.78. The molecule has 1 aromatic heterocycles. The number of aromatic amines is 1. The fourth-order valence-electron chi connectivity index (χ4n) is 3.29. The number of carbonyl (C=O) groups excluding carboxylic acids is 1. The molecule has 1 aromatic carbocycles. The van der Waals surface area contributed by atoms with E-state index in [1.807, 2.05) is 37.3 Å². The Hall–Kier alpha value is -2.83. The van der Waals surface area contributed by atoms with Crippen molar-refractivity contribution in [2.45, 2.75) is 45.6 Å². The third-order valence-electron chi connectivity index (χ3n) is 5.12. The summed E-state index contributed by atoms with van der Waals surface area (Å²) in [6.07, 6.45) is 4.34. The zero-order chi connectivity index (χ0) is 19.4. The van der Waals surface area contributed by atoms with Crippen LogP contribution in [0.2, 0.25) is 0 Å². The SMILES string of the molecule is CCCCN(C(=O)C1CCC1)c1c(N)n(Cc2ccccc2)c(=O)[nH]c1=O. The van der Waals surface area contributed by atoms with Crippen LogP contribution in [0.15, 0.2) is 39.9 Å². The summed E-state index contributed by atoms with van der Waals surface area (Å²) in [6, 6.07) is 9.39. The van der Waals surface area contributed by atoms with Crippen molar-refractivity contribution in [2.24, 2.45) is 5.92 Å². The highest BCUT2D eigenvalue weighted by molar-refractivity contribution is 5.97. The number of anilines is 2. The minimum Gasteiger partial charge on any atom is -0.383 e. The summed E-state index contributed by atoms with van der Waals surface area (Å²) in [5.74, 6) is -0.0941. The van der Waals surface area contributed by atoms with Crippen molar-refractivity contribution in [1.82, 2.24) is 9.55 Å². The van der Waals surface area contributed by atoms with Gasteiger partial charge < -0.3 is 10.6 Å². The molecule has 0 saturated heterocycles. The summed E-state index contributed by atoms with van der Waals surface area (Å²) in [5, 5.41) is 0. The largest absolute Gasteiger partial charge is 0.383 e. The lowest BCUT2D eigenvalue weighted by atomic mass is 9.84. The van der Waals surface area contributed by atoms with E-state index in [-0.39, 0.29) is 29.9 Å². The Morgan fingerprint density at radius 3 is 2.56 bits per heavy atom. The number of nitrogen functional groups attached to an aromatic ring is 1. The molecule has 1 aliphatic carbocycles. The average molecular weight is 370 g/mol. The number of hydrogen-bond acceptors (Lipinski definition) is 4. The minimum atomic E-state index is -0.606. The Morgan fingerprint density at radius 1 is 1.26 bits per heavy atom. The molecular formula is C20H26N4O3. The van der Waals surface area contributed by atoms with E-state index in [9.17, 15) is 14.4 Å². The number of nitrogens with one attached hydrogen (secondary N) is 1. The van der Waals surface area contributed by atoms with Gasteiger partial charge in [-0.3, -0.25) is 19.1 Å². The molecule has 1 heterocycles. The van der Waals surface area contributed by atoms with Gasteiger partial charge in [0.2, 0.25) is 5.91 Å². The number of aromatic nitrogens is 2. The van der Waals surface area contributed by atoms with Gasteiger partial charge in [0.05, 0.1) is 6.54 Å². The van der Waals surface area contributed by atoms with E-state index in [1.165, 1.54) is 9.47 Å². The number of nitrogens with zero attached hydrogens (tertiary/aromatic N) is 2. The molecule has 0 bridgehead atoms. The third-order valence-corrected chi connectivity index (χ3v) is 5.12. The molecule has 0 atom stereocenters. The van der Waals surface area contributed by atoms with E-state index in [2.05, 4.69) is 4.98 Å². The zero-order valence-electron chi connectivity index (χ0n) is 15.6. The molecular weight excluding hydrogens is 344 g/mol. The van der Waals surface area contributed by atoms with Crippen LogP contribution in [0, 0.1) is 5.92 Å². The molecule has 2 aromatic rings. The fourth-order valence-corrected chi connectivity index (χ4v) is 3.29. The van der Waals surface area contributed by atoms with Crippen molar-refractivity contribution in [3.8, 4) is 0 Å². The van der Waals surface area contributed by atoms with Gasteiger partial charge in [-0.15, -0.1) is 0 Å². The van der Waals surface area contributed by atoms with Crippen LogP contribution in [0.25, 0.3) is 0 Å². The predicted molar refractivity (Wildman–Crippen MR) is 106 cm³/mol. The van der Waals surface area contributed by atoms with Crippen molar-refractivity contribution in [2.75, 3.05) is 17.2 Å². The van der Waals surface area contributed by atoms with Gasteiger partial charge in [0.15, 0.2) is 5.69 Å². The smallest absolute Gasteiger partial charge is 0.330 e. The Balaban J connectivity index is 2.03.